The topological polar surface area (TPSA) is 47.3 Å². The minimum Gasteiger partial charge on any atom is -0.496 e. The smallest absolute Gasteiger partial charge is 0.255 e. The van der Waals surface area contributed by atoms with Crippen molar-refractivity contribution in [2.45, 2.75) is 25.8 Å². The molecule has 3 N–H and O–H groups in total. The molecule has 0 amide bonds. The lowest BCUT2D eigenvalue weighted by Crippen LogP contribution is -2.42. The molecule has 0 radical (unpaired) electrons. The number of hydrogen-bond acceptors (Lipinski definition) is 3. The maximum atomic E-state index is 12.5. The quantitative estimate of drug-likeness (QED) is 0.597. The second kappa shape index (κ2) is 5.77. The molecule has 1 unspecified atom stereocenters. The van der Waals surface area contributed by atoms with Crippen LogP contribution in [-0.4, -0.2) is 19.6 Å². The van der Waals surface area contributed by atoms with Crippen molar-refractivity contribution in [2.24, 2.45) is 5.84 Å². The van der Waals surface area contributed by atoms with E-state index in [9.17, 15) is 8.78 Å². The Morgan fingerprint density at radius 3 is 2.62 bits per heavy atom. The van der Waals surface area contributed by atoms with Crippen LogP contribution in [0.2, 0.25) is 0 Å². The zero-order valence-corrected chi connectivity index (χ0v) is 9.34. The van der Waals surface area contributed by atoms with Crippen LogP contribution >= 0.6 is 0 Å². The first-order valence-electron chi connectivity index (χ1n) is 4.96. The number of nitrogens with two attached hydrogens (primary N) is 1. The van der Waals surface area contributed by atoms with E-state index in [1.807, 2.05) is 19.1 Å². The van der Waals surface area contributed by atoms with Gasteiger partial charge in [-0.1, -0.05) is 17.7 Å². The van der Waals surface area contributed by atoms with Gasteiger partial charge in [0.15, 0.2) is 0 Å². The van der Waals surface area contributed by atoms with Gasteiger partial charge in [-0.3, -0.25) is 11.3 Å². The van der Waals surface area contributed by atoms with Gasteiger partial charge in [-0.15, -0.1) is 0 Å². The second-order valence-electron chi connectivity index (χ2n) is 3.63. The molecule has 0 saturated heterocycles. The molecule has 0 heterocycles. The molecule has 0 bridgehead atoms. The van der Waals surface area contributed by atoms with E-state index in [-0.39, 0.29) is 6.42 Å². The summed E-state index contributed by atoms with van der Waals surface area (Å²) < 4.78 is 30.2. The lowest BCUT2D eigenvalue weighted by Gasteiger charge is -2.17. The summed E-state index contributed by atoms with van der Waals surface area (Å²) in [6, 6.07) is 4.40. The fraction of sp³-hybridized carbons (Fsp3) is 0.455. The molecule has 0 aliphatic rings. The van der Waals surface area contributed by atoms with Gasteiger partial charge in [-0.2, -0.15) is 0 Å². The SMILES string of the molecule is COc1ccc(C)cc1CC(NN)C(F)F. The Hall–Kier alpha value is -1.20. The van der Waals surface area contributed by atoms with E-state index in [0.717, 1.165) is 11.1 Å². The molecule has 16 heavy (non-hydrogen) atoms. The van der Waals surface area contributed by atoms with Crippen LogP contribution in [0.3, 0.4) is 0 Å². The molecule has 5 heteroatoms. The number of benzene rings is 1. The van der Waals surface area contributed by atoms with Crippen molar-refractivity contribution in [1.82, 2.24) is 5.43 Å². The average Bonchev–Trinajstić information content (AvgIpc) is 2.25. The molecular formula is C11H16F2N2O. The molecule has 0 fully saturated rings. The molecule has 0 aliphatic carbocycles. The molecule has 90 valence electrons. The number of ether oxygens (including phenoxy) is 1. The summed E-state index contributed by atoms with van der Waals surface area (Å²) in [6.07, 6.45) is -2.37. The number of methoxy groups -OCH3 is 1. The Morgan fingerprint density at radius 2 is 2.12 bits per heavy atom. The molecule has 1 aromatic rings. The first-order valence-corrected chi connectivity index (χ1v) is 4.96. The molecule has 3 nitrogen and oxygen atoms in total. The normalized spacial score (nSPS) is 12.9. The second-order valence-corrected chi connectivity index (χ2v) is 3.63. The monoisotopic (exact) mass is 230 g/mol. The van der Waals surface area contributed by atoms with Gasteiger partial charge in [-0.25, -0.2) is 8.78 Å². The van der Waals surface area contributed by atoms with Gasteiger partial charge in [-0.05, 0) is 25.0 Å². The molecular weight excluding hydrogens is 214 g/mol. The summed E-state index contributed by atoms with van der Waals surface area (Å²) in [4.78, 5) is 0. The molecule has 1 rings (SSSR count). The minimum absolute atomic E-state index is 0.138. The summed E-state index contributed by atoms with van der Waals surface area (Å²) in [7, 11) is 1.52. The third kappa shape index (κ3) is 3.15. The molecule has 0 aliphatic heterocycles. The highest BCUT2D eigenvalue weighted by molar-refractivity contribution is 5.37. The van der Waals surface area contributed by atoms with E-state index < -0.39 is 12.5 Å². The highest BCUT2D eigenvalue weighted by Crippen LogP contribution is 2.22. The molecule has 1 atom stereocenters. The number of halogens is 2. The van der Waals surface area contributed by atoms with Gasteiger partial charge in [0.2, 0.25) is 0 Å². The molecule has 1 aromatic carbocycles. The zero-order valence-electron chi connectivity index (χ0n) is 9.34. The molecule has 0 spiro atoms. The van der Waals surface area contributed by atoms with Gasteiger partial charge in [0.25, 0.3) is 6.43 Å². The fourth-order valence-electron chi connectivity index (χ4n) is 1.52. The van der Waals surface area contributed by atoms with Crippen LogP contribution in [0.25, 0.3) is 0 Å². The summed E-state index contributed by atoms with van der Waals surface area (Å²) in [5, 5.41) is 0. The van der Waals surface area contributed by atoms with Gasteiger partial charge in [0, 0.05) is 0 Å². The minimum atomic E-state index is -2.50. The van der Waals surface area contributed by atoms with E-state index in [1.165, 1.54) is 7.11 Å². The van der Waals surface area contributed by atoms with Crippen molar-refractivity contribution >= 4 is 0 Å². The number of aryl methyl sites for hydroxylation is 1. The van der Waals surface area contributed by atoms with Crippen LogP contribution in [0.4, 0.5) is 8.78 Å². The fourth-order valence-corrected chi connectivity index (χ4v) is 1.52. The van der Waals surface area contributed by atoms with E-state index in [4.69, 9.17) is 10.6 Å². The standard InChI is InChI=1S/C11H16F2N2O/c1-7-3-4-10(16-2)8(5-7)6-9(15-14)11(12)13/h3-5,9,11,15H,6,14H2,1-2H3. The third-order valence-electron chi connectivity index (χ3n) is 2.39. The van der Waals surface area contributed by atoms with E-state index in [1.54, 1.807) is 6.07 Å². The largest absolute Gasteiger partial charge is 0.496 e. The number of hydrazine groups is 1. The number of alkyl halides is 2. The lowest BCUT2D eigenvalue weighted by molar-refractivity contribution is 0.0981. The Kier molecular flexibility index (Phi) is 4.64. The summed E-state index contributed by atoms with van der Waals surface area (Å²) in [6.45, 7) is 1.90. The van der Waals surface area contributed by atoms with Gasteiger partial charge in [0.05, 0.1) is 13.2 Å². The van der Waals surface area contributed by atoms with Crippen molar-refractivity contribution in [3.8, 4) is 5.75 Å². The summed E-state index contributed by atoms with van der Waals surface area (Å²) >= 11 is 0. The lowest BCUT2D eigenvalue weighted by atomic mass is 10.0. The Labute approximate surface area is 93.6 Å². The van der Waals surface area contributed by atoms with Crippen molar-refractivity contribution in [3.63, 3.8) is 0 Å². The van der Waals surface area contributed by atoms with Gasteiger partial charge < -0.3 is 4.74 Å². The third-order valence-corrected chi connectivity index (χ3v) is 2.39. The zero-order chi connectivity index (χ0) is 12.1. The number of nitrogens with one attached hydrogen (secondary N) is 1. The molecule has 0 aromatic heterocycles. The highest BCUT2D eigenvalue weighted by Gasteiger charge is 2.20. The van der Waals surface area contributed by atoms with Crippen molar-refractivity contribution < 1.29 is 13.5 Å². The predicted molar refractivity (Wildman–Crippen MR) is 58.6 cm³/mol. The molecule has 0 saturated carbocycles. The predicted octanol–water partition coefficient (Wildman–Crippen LogP) is 1.64. The van der Waals surface area contributed by atoms with Crippen LogP contribution in [0.15, 0.2) is 18.2 Å². The van der Waals surface area contributed by atoms with E-state index in [0.29, 0.717) is 5.75 Å². The van der Waals surface area contributed by atoms with Crippen LogP contribution in [0.5, 0.6) is 5.75 Å². The number of rotatable bonds is 5. The van der Waals surface area contributed by atoms with Crippen LogP contribution in [0, 0.1) is 6.92 Å². The summed E-state index contributed by atoms with van der Waals surface area (Å²) in [5.41, 5.74) is 3.84. The van der Waals surface area contributed by atoms with Gasteiger partial charge in [0.1, 0.15) is 5.75 Å². The van der Waals surface area contributed by atoms with Crippen LogP contribution in [-0.2, 0) is 6.42 Å². The van der Waals surface area contributed by atoms with Crippen LogP contribution in [0.1, 0.15) is 11.1 Å². The van der Waals surface area contributed by atoms with Crippen molar-refractivity contribution in [2.75, 3.05) is 7.11 Å². The first-order chi connectivity index (χ1) is 7.58. The first kappa shape index (κ1) is 12.9. The van der Waals surface area contributed by atoms with Crippen molar-refractivity contribution in [3.05, 3.63) is 29.3 Å². The highest BCUT2D eigenvalue weighted by atomic mass is 19.3. The van der Waals surface area contributed by atoms with E-state index >= 15 is 0 Å². The van der Waals surface area contributed by atoms with E-state index in [2.05, 4.69) is 5.43 Å². The van der Waals surface area contributed by atoms with Crippen LogP contribution < -0.4 is 16.0 Å². The van der Waals surface area contributed by atoms with Crippen molar-refractivity contribution in [1.29, 1.82) is 0 Å². The Bertz CT molecular complexity index is 345. The summed E-state index contributed by atoms with van der Waals surface area (Å²) in [5.74, 6) is 5.68. The maximum Gasteiger partial charge on any atom is 0.255 e. The Morgan fingerprint density at radius 1 is 1.44 bits per heavy atom. The number of hydrogen-bond donors (Lipinski definition) is 2. The average molecular weight is 230 g/mol. The Balaban J connectivity index is 2.89. The van der Waals surface area contributed by atoms with Gasteiger partial charge >= 0.3 is 0 Å². The maximum absolute atomic E-state index is 12.5.